The summed E-state index contributed by atoms with van der Waals surface area (Å²) in [6.45, 7) is 0.883. The summed E-state index contributed by atoms with van der Waals surface area (Å²) in [5.74, 6) is -0.465. The maximum atomic E-state index is 10.7. The second-order valence-electron chi connectivity index (χ2n) is 3.94. The highest BCUT2D eigenvalue weighted by Crippen LogP contribution is 2.31. The molecule has 5 heteroatoms. The lowest BCUT2D eigenvalue weighted by Gasteiger charge is -2.39. The molecule has 2 rings (SSSR count). The molecule has 1 fully saturated rings. The molecule has 0 aromatic heterocycles. The van der Waals surface area contributed by atoms with Gasteiger partial charge in [0, 0.05) is 19.2 Å². The van der Waals surface area contributed by atoms with Crippen LogP contribution >= 0.6 is 0 Å². The monoisotopic (exact) mass is 232 g/mol. The highest BCUT2D eigenvalue weighted by Gasteiger charge is 2.33. The number of nitriles is 1. The number of methoxy groups -OCH3 is 1. The summed E-state index contributed by atoms with van der Waals surface area (Å²) in [5.41, 5.74) is 1.28. The molecule has 0 aliphatic carbocycles. The van der Waals surface area contributed by atoms with Gasteiger partial charge in [0.15, 0.2) is 0 Å². The van der Waals surface area contributed by atoms with Gasteiger partial charge in [0.25, 0.3) is 0 Å². The molecule has 0 spiro atoms. The number of benzene rings is 1. The fraction of sp³-hybridized carbons (Fsp3) is 0.333. The van der Waals surface area contributed by atoms with Crippen LogP contribution in [0, 0.1) is 17.2 Å². The van der Waals surface area contributed by atoms with E-state index in [1.807, 2.05) is 4.90 Å². The number of hydrogen-bond donors (Lipinski definition) is 1. The lowest BCUT2D eigenvalue weighted by molar-refractivity contribution is -0.142. The zero-order chi connectivity index (χ0) is 12.4. The number of ether oxygens (including phenoxy) is 1. The predicted octanol–water partition coefficient (Wildman–Crippen LogP) is 1.09. The number of carboxylic acids is 1. The van der Waals surface area contributed by atoms with Crippen molar-refractivity contribution in [3.63, 3.8) is 0 Å². The van der Waals surface area contributed by atoms with E-state index in [9.17, 15) is 4.79 Å². The summed E-state index contributed by atoms with van der Waals surface area (Å²) in [7, 11) is 1.56. The third-order valence-electron chi connectivity index (χ3n) is 2.90. The van der Waals surface area contributed by atoms with Crippen molar-refractivity contribution >= 4 is 11.7 Å². The molecule has 0 saturated carbocycles. The van der Waals surface area contributed by atoms with E-state index in [2.05, 4.69) is 6.07 Å². The van der Waals surface area contributed by atoms with Crippen LogP contribution in [0.4, 0.5) is 5.69 Å². The first-order valence-electron chi connectivity index (χ1n) is 5.21. The summed E-state index contributed by atoms with van der Waals surface area (Å²) in [6.07, 6.45) is 0. The Morgan fingerprint density at radius 3 is 2.82 bits per heavy atom. The third-order valence-corrected chi connectivity index (χ3v) is 2.90. The number of carboxylic acid groups (broad SMARTS) is 1. The standard InChI is InChI=1S/C12H12N2O3/c1-17-10-3-2-8(5-13)11(4-10)14-6-9(7-14)12(15)16/h2-4,9H,6-7H2,1H3,(H,15,16). The van der Waals surface area contributed by atoms with Crippen molar-refractivity contribution in [2.45, 2.75) is 0 Å². The zero-order valence-electron chi connectivity index (χ0n) is 9.38. The van der Waals surface area contributed by atoms with E-state index in [4.69, 9.17) is 15.1 Å². The van der Waals surface area contributed by atoms with Gasteiger partial charge in [0.2, 0.25) is 0 Å². The minimum absolute atomic E-state index is 0.340. The van der Waals surface area contributed by atoms with Gasteiger partial charge in [0.1, 0.15) is 11.8 Å². The Kier molecular flexibility index (Phi) is 2.88. The molecule has 17 heavy (non-hydrogen) atoms. The molecule has 5 nitrogen and oxygen atoms in total. The molecule has 1 aromatic rings. The van der Waals surface area contributed by atoms with Crippen LogP contribution in [0.1, 0.15) is 5.56 Å². The molecule has 1 aliphatic heterocycles. The van der Waals surface area contributed by atoms with E-state index >= 15 is 0 Å². The topological polar surface area (TPSA) is 73.6 Å². The van der Waals surface area contributed by atoms with Crippen molar-refractivity contribution < 1.29 is 14.6 Å². The summed E-state index contributed by atoms with van der Waals surface area (Å²) in [6, 6.07) is 7.26. The first-order chi connectivity index (χ1) is 8.15. The van der Waals surface area contributed by atoms with Crippen LogP contribution in [0.5, 0.6) is 5.75 Å². The minimum Gasteiger partial charge on any atom is -0.497 e. The normalized spacial score (nSPS) is 14.9. The van der Waals surface area contributed by atoms with Crippen molar-refractivity contribution in [2.24, 2.45) is 5.92 Å². The molecule has 1 aliphatic rings. The summed E-state index contributed by atoms with van der Waals surface area (Å²) in [4.78, 5) is 12.6. The number of aliphatic carboxylic acids is 1. The molecule has 1 N–H and O–H groups in total. The van der Waals surface area contributed by atoms with Crippen LogP contribution in [-0.2, 0) is 4.79 Å². The van der Waals surface area contributed by atoms with Gasteiger partial charge in [-0.3, -0.25) is 4.79 Å². The van der Waals surface area contributed by atoms with Crippen molar-refractivity contribution in [1.29, 1.82) is 5.26 Å². The minimum atomic E-state index is -0.789. The van der Waals surface area contributed by atoms with Gasteiger partial charge >= 0.3 is 5.97 Å². The number of nitrogens with zero attached hydrogens (tertiary/aromatic N) is 2. The first kappa shape index (κ1) is 11.3. The van der Waals surface area contributed by atoms with E-state index in [0.717, 1.165) is 5.69 Å². The second-order valence-corrected chi connectivity index (χ2v) is 3.94. The van der Waals surface area contributed by atoms with Crippen LogP contribution in [-0.4, -0.2) is 31.3 Å². The quantitative estimate of drug-likeness (QED) is 0.844. The average molecular weight is 232 g/mol. The Morgan fingerprint density at radius 2 is 2.29 bits per heavy atom. The van der Waals surface area contributed by atoms with E-state index < -0.39 is 5.97 Å². The Morgan fingerprint density at radius 1 is 1.59 bits per heavy atom. The maximum absolute atomic E-state index is 10.7. The highest BCUT2D eigenvalue weighted by atomic mass is 16.5. The van der Waals surface area contributed by atoms with E-state index in [1.54, 1.807) is 25.3 Å². The second kappa shape index (κ2) is 4.34. The summed E-state index contributed by atoms with van der Waals surface area (Å²) in [5, 5.41) is 17.8. The SMILES string of the molecule is COc1ccc(C#N)c(N2CC(C(=O)O)C2)c1. The Hall–Kier alpha value is -2.22. The van der Waals surface area contributed by atoms with Crippen molar-refractivity contribution in [3.8, 4) is 11.8 Å². The largest absolute Gasteiger partial charge is 0.497 e. The summed E-state index contributed by atoms with van der Waals surface area (Å²) < 4.78 is 5.09. The van der Waals surface area contributed by atoms with Crippen LogP contribution < -0.4 is 9.64 Å². The van der Waals surface area contributed by atoms with Gasteiger partial charge in [-0.25, -0.2) is 0 Å². The van der Waals surface area contributed by atoms with Gasteiger partial charge < -0.3 is 14.7 Å². The number of hydrogen-bond acceptors (Lipinski definition) is 4. The molecule has 1 heterocycles. The molecule has 1 saturated heterocycles. The van der Waals surface area contributed by atoms with Gasteiger partial charge in [0.05, 0.1) is 24.3 Å². The molecular weight excluding hydrogens is 220 g/mol. The molecule has 88 valence electrons. The van der Waals surface area contributed by atoms with E-state index in [1.165, 1.54) is 0 Å². The number of carbonyl (C=O) groups is 1. The zero-order valence-corrected chi connectivity index (χ0v) is 9.38. The summed E-state index contributed by atoms with van der Waals surface area (Å²) >= 11 is 0. The van der Waals surface area contributed by atoms with Crippen LogP contribution in [0.2, 0.25) is 0 Å². The third kappa shape index (κ3) is 2.02. The molecular formula is C12H12N2O3. The molecule has 0 bridgehead atoms. The van der Waals surface area contributed by atoms with Gasteiger partial charge in [-0.05, 0) is 12.1 Å². The predicted molar refractivity (Wildman–Crippen MR) is 61.0 cm³/mol. The Labute approximate surface area is 98.8 Å². The Balaban J connectivity index is 2.21. The van der Waals surface area contributed by atoms with E-state index in [-0.39, 0.29) is 5.92 Å². The fourth-order valence-corrected chi connectivity index (χ4v) is 1.83. The van der Waals surface area contributed by atoms with Gasteiger partial charge in [-0.2, -0.15) is 5.26 Å². The van der Waals surface area contributed by atoms with Gasteiger partial charge in [-0.1, -0.05) is 0 Å². The molecule has 0 amide bonds. The van der Waals surface area contributed by atoms with Crippen LogP contribution in [0.15, 0.2) is 18.2 Å². The maximum Gasteiger partial charge on any atom is 0.310 e. The molecule has 1 aromatic carbocycles. The molecule has 0 unspecified atom stereocenters. The molecule has 0 radical (unpaired) electrons. The number of anilines is 1. The van der Waals surface area contributed by atoms with Crippen LogP contribution in [0.25, 0.3) is 0 Å². The van der Waals surface area contributed by atoms with Gasteiger partial charge in [-0.15, -0.1) is 0 Å². The van der Waals surface area contributed by atoms with Crippen molar-refractivity contribution in [2.75, 3.05) is 25.1 Å². The average Bonchev–Trinajstić information content (AvgIpc) is 2.26. The lowest BCUT2D eigenvalue weighted by Crippen LogP contribution is -2.50. The highest BCUT2D eigenvalue weighted by molar-refractivity contribution is 5.75. The first-order valence-corrected chi connectivity index (χ1v) is 5.21. The van der Waals surface area contributed by atoms with E-state index in [0.29, 0.717) is 24.4 Å². The smallest absolute Gasteiger partial charge is 0.310 e. The number of rotatable bonds is 3. The van der Waals surface area contributed by atoms with Crippen molar-refractivity contribution in [1.82, 2.24) is 0 Å². The lowest BCUT2D eigenvalue weighted by atomic mass is 9.98. The van der Waals surface area contributed by atoms with Crippen LogP contribution in [0.3, 0.4) is 0 Å². The fourth-order valence-electron chi connectivity index (χ4n) is 1.83. The van der Waals surface area contributed by atoms with Crippen molar-refractivity contribution in [3.05, 3.63) is 23.8 Å². The molecule has 0 atom stereocenters. The Bertz CT molecular complexity index is 487.